The van der Waals surface area contributed by atoms with Crippen LogP contribution in [-0.2, 0) is 9.53 Å². The van der Waals surface area contributed by atoms with E-state index in [1.165, 1.54) is 7.11 Å². The average molecular weight is 173 g/mol. The molecule has 0 fully saturated rings. The Kier molecular flexibility index (Phi) is 5.98. The van der Waals surface area contributed by atoms with Crippen LogP contribution >= 0.6 is 0 Å². The van der Waals surface area contributed by atoms with Crippen molar-refractivity contribution in [2.24, 2.45) is 0 Å². The van der Waals surface area contributed by atoms with Crippen molar-refractivity contribution in [3.63, 3.8) is 0 Å². The van der Waals surface area contributed by atoms with Crippen LogP contribution in [0.1, 0.15) is 25.7 Å². The highest BCUT2D eigenvalue weighted by atomic mass is 19.1. The predicted molar refractivity (Wildman–Crippen MR) is 41.0 cm³/mol. The van der Waals surface area contributed by atoms with E-state index in [2.05, 4.69) is 4.74 Å². The Morgan fingerprint density at radius 3 is 2.92 bits per heavy atom. The van der Waals surface area contributed by atoms with Gasteiger partial charge in [-0.3, -0.25) is 4.79 Å². The van der Waals surface area contributed by atoms with Gasteiger partial charge in [0.05, 0.1) is 19.6 Å². The summed E-state index contributed by atoms with van der Waals surface area (Å²) in [5.41, 5.74) is 0. The highest BCUT2D eigenvalue weighted by Crippen LogP contribution is 2.08. The van der Waals surface area contributed by atoms with Crippen molar-refractivity contribution >= 4 is 5.97 Å². The van der Waals surface area contributed by atoms with E-state index in [0.29, 0.717) is 12.8 Å². The molecule has 68 valence electrons. The zero-order chi connectivity index (χ0) is 9.40. The Hall–Kier alpha value is -1.11. The first-order valence-corrected chi connectivity index (χ1v) is 3.78. The molecule has 0 radical (unpaired) electrons. The molecule has 0 aliphatic rings. The van der Waals surface area contributed by atoms with Crippen molar-refractivity contribution in [3.8, 4) is 6.07 Å². The fourth-order valence-electron chi connectivity index (χ4n) is 0.769. The van der Waals surface area contributed by atoms with Crippen LogP contribution in [0.5, 0.6) is 0 Å². The number of halogens is 1. The molecule has 0 amide bonds. The largest absolute Gasteiger partial charge is 0.469 e. The summed E-state index contributed by atoms with van der Waals surface area (Å²) < 4.78 is 17.0. The van der Waals surface area contributed by atoms with Gasteiger partial charge in [-0.15, -0.1) is 0 Å². The molecule has 0 aliphatic heterocycles. The highest BCUT2D eigenvalue weighted by Gasteiger charge is 2.11. The van der Waals surface area contributed by atoms with Crippen LogP contribution < -0.4 is 0 Å². The number of carbonyl (C=O) groups is 1. The van der Waals surface area contributed by atoms with E-state index in [1.54, 1.807) is 0 Å². The maximum absolute atomic E-state index is 12.8. The van der Waals surface area contributed by atoms with Crippen molar-refractivity contribution in [3.05, 3.63) is 0 Å². The summed E-state index contributed by atoms with van der Waals surface area (Å²) in [6, 6.07) is 1.91. The van der Waals surface area contributed by atoms with Crippen LogP contribution in [0.4, 0.5) is 4.39 Å². The van der Waals surface area contributed by atoms with Gasteiger partial charge in [0.2, 0.25) is 0 Å². The van der Waals surface area contributed by atoms with Crippen LogP contribution in [0.25, 0.3) is 0 Å². The fraction of sp³-hybridized carbons (Fsp3) is 0.750. The normalized spacial score (nSPS) is 11.8. The molecule has 0 spiro atoms. The van der Waals surface area contributed by atoms with Gasteiger partial charge in [-0.1, -0.05) is 0 Å². The molecule has 0 N–H and O–H groups in total. The first-order valence-electron chi connectivity index (χ1n) is 3.78. The molecule has 0 aromatic heterocycles. The number of ether oxygens (including phenoxy) is 1. The topological polar surface area (TPSA) is 50.1 Å². The summed E-state index contributed by atoms with van der Waals surface area (Å²) in [5.74, 6) is -0.542. The summed E-state index contributed by atoms with van der Waals surface area (Å²) in [6.45, 7) is 0. The van der Waals surface area contributed by atoms with E-state index >= 15 is 0 Å². The first kappa shape index (κ1) is 10.9. The first-order chi connectivity index (χ1) is 5.70. The van der Waals surface area contributed by atoms with Crippen LogP contribution in [0, 0.1) is 11.3 Å². The van der Waals surface area contributed by atoms with E-state index in [1.807, 2.05) is 6.07 Å². The van der Waals surface area contributed by atoms with Gasteiger partial charge in [0.15, 0.2) is 0 Å². The number of rotatable bonds is 5. The van der Waals surface area contributed by atoms with E-state index in [4.69, 9.17) is 5.26 Å². The zero-order valence-electron chi connectivity index (χ0n) is 7.05. The molecule has 0 rings (SSSR count). The number of esters is 1. The second-order valence-electron chi connectivity index (χ2n) is 2.43. The standard InChI is InChI=1S/C8H12FNO2/c1-12-8(11)6-7(9)4-2-3-5-10/h7H,2-4,6H2,1H3. The van der Waals surface area contributed by atoms with Crippen molar-refractivity contribution in [1.29, 1.82) is 5.26 Å². The second-order valence-corrected chi connectivity index (χ2v) is 2.43. The maximum atomic E-state index is 12.8. The third-order valence-corrected chi connectivity index (χ3v) is 1.42. The molecule has 1 unspecified atom stereocenters. The predicted octanol–water partition coefficient (Wildman–Crippen LogP) is 1.58. The monoisotopic (exact) mass is 173 g/mol. The van der Waals surface area contributed by atoms with Crippen LogP contribution in [0.2, 0.25) is 0 Å². The number of unbranched alkanes of at least 4 members (excludes halogenated alkanes) is 1. The second kappa shape index (κ2) is 6.59. The van der Waals surface area contributed by atoms with E-state index in [9.17, 15) is 9.18 Å². The van der Waals surface area contributed by atoms with E-state index < -0.39 is 12.1 Å². The minimum atomic E-state index is -1.18. The zero-order valence-corrected chi connectivity index (χ0v) is 7.05. The van der Waals surface area contributed by atoms with Gasteiger partial charge in [0, 0.05) is 6.42 Å². The lowest BCUT2D eigenvalue weighted by Crippen LogP contribution is -2.10. The van der Waals surface area contributed by atoms with Crippen molar-refractivity contribution in [1.82, 2.24) is 0 Å². The lowest BCUT2D eigenvalue weighted by Gasteiger charge is -2.03. The molecule has 0 heterocycles. The van der Waals surface area contributed by atoms with E-state index in [-0.39, 0.29) is 12.8 Å². The van der Waals surface area contributed by atoms with Crippen molar-refractivity contribution in [2.75, 3.05) is 7.11 Å². The van der Waals surface area contributed by atoms with Crippen LogP contribution in [0.3, 0.4) is 0 Å². The van der Waals surface area contributed by atoms with Gasteiger partial charge in [-0.05, 0) is 12.8 Å². The van der Waals surface area contributed by atoms with Crippen LogP contribution in [0.15, 0.2) is 0 Å². The molecule has 1 atom stereocenters. The third-order valence-electron chi connectivity index (χ3n) is 1.42. The quantitative estimate of drug-likeness (QED) is 0.468. The van der Waals surface area contributed by atoms with Crippen LogP contribution in [-0.4, -0.2) is 19.3 Å². The summed E-state index contributed by atoms with van der Waals surface area (Å²) in [5, 5.41) is 8.14. The number of hydrogen-bond acceptors (Lipinski definition) is 3. The number of hydrogen-bond donors (Lipinski definition) is 0. The van der Waals surface area contributed by atoms with Crippen molar-refractivity contribution in [2.45, 2.75) is 31.9 Å². The molecule has 0 saturated heterocycles. The van der Waals surface area contributed by atoms with Gasteiger partial charge in [0.25, 0.3) is 0 Å². The van der Waals surface area contributed by atoms with Gasteiger partial charge in [-0.25, -0.2) is 4.39 Å². The van der Waals surface area contributed by atoms with Gasteiger partial charge in [-0.2, -0.15) is 5.26 Å². The fourth-order valence-corrected chi connectivity index (χ4v) is 0.769. The summed E-state index contributed by atoms with van der Waals surface area (Å²) in [6.07, 6.45) is -0.299. The molecule has 0 aromatic carbocycles. The van der Waals surface area contributed by atoms with Gasteiger partial charge >= 0.3 is 5.97 Å². The lowest BCUT2D eigenvalue weighted by molar-refractivity contribution is -0.141. The highest BCUT2D eigenvalue weighted by molar-refractivity contribution is 5.69. The molecule has 0 aliphatic carbocycles. The minimum absolute atomic E-state index is 0.206. The smallest absolute Gasteiger partial charge is 0.308 e. The molecule has 0 aromatic rings. The van der Waals surface area contributed by atoms with Gasteiger partial charge < -0.3 is 4.74 Å². The Labute approximate surface area is 71.1 Å². The van der Waals surface area contributed by atoms with Gasteiger partial charge in [0.1, 0.15) is 6.17 Å². The Balaban J connectivity index is 3.40. The average Bonchev–Trinajstić information content (AvgIpc) is 2.05. The maximum Gasteiger partial charge on any atom is 0.308 e. The summed E-state index contributed by atoms with van der Waals surface area (Å²) >= 11 is 0. The SMILES string of the molecule is COC(=O)CC(F)CCCC#N. The number of nitrogens with zero attached hydrogens (tertiary/aromatic N) is 1. The number of nitriles is 1. The molecule has 12 heavy (non-hydrogen) atoms. The minimum Gasteiger partial charge on any atom is -0.469 e. The summed E-state index contributed by atoms with van der Waals surface area (Å²) in [4.78, 5) is 10.5. The Bertz CT molecular complexity index is 176. The lowest BCUT2D eigenvalue weighted by atomic mass is 10.1. The Morgan fingerprint density at radius 2 is 2.42 bits per heavy atom. The number of carbonyl (C=O) groups excluding carboxylic acids is 1. The number of alkyl halides is 1. The number of methoxy groups -OCH3 is 1. The molecule has 0 saturated carbocycles. The Morgan fingerprint density at radius 1 is 1.75 bits per heavy atom. The molecule has 0 bridgehead atoms. The summed E-state index contributed by atoms with van der Waals surface area (Å²) in [7, 11) is 1.23. The van der Waals surface area contributed by atoms with Crippen molar-refractivity contribution < 1.29 is 13.9 Å². The molecular formula is C8H12FNO2. The third kappa shape index (κ3) is 5.66. The molecular weight excluding hydrogens is 161 g/mol. The molecule has 4 heteroatoms. The molecule has 3 nitrogen and oxygen atoms in total. The van der Waals surface area contributed by atoms with E-state index in [0.717, 1.165) is 0 Å².